The van der Waals surface area contributed by atoms with Crippen molar-refractivity contribution in [3.05, 3.63) is 22.5 Å². The Kier molecular flexibility index (Phi) is 4.57. The summed E-state index contributed by atoms with van der Waals surface area (Å²) in [4.78, 5) is 24.1. The van der Waals surface area contributed by atoms with Gasteiger partial charge in [-0.15, -0.1) is 0 Å². The van der Waals surface area contributed by atoms with E-state index in [-0.39, 0.29) is 46.7 Å². The SMILES string of the molecule is O=C(O)N[C@H]1C[C@H](O)CN(c2nc(Cl)nc3c(F)c(Cl)ncc23)C1. The summed E-state index contributed by atoms with van der Waals surface area (Å²) in [6.45, 7) is 0.417. The fraction of sp³-hybridized carbons (Fsp3) is 0.385. The summed E-state index contributed by atoms with van der Waals surface area (Å²) >= 11 is 11.5. The molecule has 1 aliphatic heterocycles. The van der Waals surface area contributed by atoms with Gasteiger partial charge in [-0.25, -0.2) is 19.2 Å². The van der Waals surface area contributed by atoms with E-state index >= 15 is 0 Å². The van der Waals surface area contributed by atoms with E-state index in [1.165, 1.54) is 6.20 Å². The standard InChI is InChI=1S/C13H12Cl2FN5O3/c14-10-8(16)9-7(2-17-10)11(20-12(15)19-9)21-3-5(18-13(23)24)1-6(22)4-21/h2,5-6,18,22H,1,3-4H2,(H,23,24)/t5-,6-/m0/s1. The molecule has 128 valence electrons. The number of fused-ring (bicyclic) bond motifs is 1. The lowest BCUT2D eigenvalue weighted by molar-refractivity contribution is 0.132. The number of nitrogens with zero attached hydrogens (tertiary/aromatic N) is 4. The highest BCUT2D eigenvalue weighted by atomic mass is 35.5. The maximum atomic E-state index is 14.1. The van der Waals surface area contributed by atoms with Crippen LogP contribution in [-0.2, 0) is 0 Å². The second kappa shape index (κ2) is 6.50. The number of hydrogen-bond acceptors (Lipinski definition) is 6. The molecule has 2 atom stereocenters. The number of carbonyl (C=O) groups is 1. The predicted molar refractivity (Wildman–Crippen MR) is 85.1 cm³/mol. The Labute approximate surface area is 145 Å². The van der Waals surface area contributed by atoms with Gasteiger partial charge >= 0.3 is 6.09 Å². The van der Waals surface area contributed by atoms with Gasteiger partial charge < -0.3 is 20.4 Å². The van der Waals surface area contributed by atoms with E-state index in [1.807, 2.05) is 0 Å². The molecule has 1 fully saturated rings. The first-order valence-corrected chi connectivity index (χ1v) is 7.70. The van der Waals surface area contributed by atoms with Crippen LogP contribution in [0.3, 0.4) is 0 Å². The lowest BCUT2D eigenvalue weighted by Crippen LogP contribution is -2.52. The maximum Gasteiger partial charge on any atom is 0.404 e. The molecule has 0 saturated carbocycles. The number of nitrogens with one attached hydrogen (secondary N) is 1. The molecule has 3 rings (SSSR count). The van der Waals surface area contributed by atoms with Gasteiger partial charge in [-0.2, -0.15) is 4.98 Å². The predicted octanol–water partition coefficient (Wildman–Crippen LogP) is 1.68. The normalized spacial score (nSPS) is 21.1. The molecular weight excluding hydrogens is 364 g/mol. The number of pyridine rings is 1. The Morgan fingerprint density at radius 2 is 2.12 bits per heavy atom. The fourth-order valence-corrected chi connectivity index (χ4v) is 3.06. The second-order valence-corrected chi connectivity index (χ2v) is 6.08. The molecule has 1 aliphatic rings. The van der Waals surface area contributed by atoms with Crippen LogP contribution >= 0.6 is 23.2 Å². The van der Waals surface area contributed by atoms with Gasteiger partial charge in [0, 0.05) is 19.3 Å². The number of anilines is 1. The summed E-state index contributed by atoms with van der Waals surface area (Å²) in [5, 5.41) is 20.9. The van der Waals surface area contributed by atoms with Gasteiger partial charge in [0.15, 0.2) is 11.0 Å². The minimum atomic E-state index is -1.20. The number of piperidine rings is 1. The van der Waals surface area contributed by atoms with Crippen molar-refractivity contribution in [1.29, 1.82) is 0 Å². The van der Waals surface area contributed by atoms with Gasteiger partial charge in [0.05, 0.1) is 17.5 Å². The van der Waals surface area contributed by atoms with Crippen molar-refractivity contribution in [1.82, 2.24) is 20.3 Å². The van der Waals surface area contributed by atoms with E-state index in [0.29, 0.717) is 0 Å². The molecule has 0 bridgehead atoms. The molecule has 0 unspecified atom stereocenters. The van der Waals surface area contributed by atoms with E-state index in [0.717, 1.165) is 0 Å². The smallest absolute Gasteiger partial charge is 0.404 e. The third kappa shape index (κ3) is 3.28. The molecule has 11 heteroatoms. The minimum Gasteiger partial charge on any atom is -0.465 e. The Morgan fingerprint density at radius 1 is 1.38 bits per heavy atom. The van der Waals surface area contributed by atoms with E-state index in [4.69, 9.17) is 28.3 Å². The zero-order valence-electron chi connectivity index (χ0n) is 12.1. The Bertz CT molecular complexity index is 809. The van der Waals surface area contributed by atoms with Crippen molar-refractivity contribution >= 4 is 46.0 Å². The van der Waals surface area contributed by atoms with Gasteiger partial charge in [-0.3, -0.25) is 0 Å². The second-order valence-electron chi connectivity index (χ2n) is 5.38. The van der Waals surface area contributed by atoms with Crippen LogP contribution in [0.2, 0.25) is 10.4 Å². The van der Waals surface area contributed by atoms with Crippen LogP contribution < -0.4 is 10.2 Å². The third-order valence-corrected chi connectivity index (χ3v) is 4.08. The highest BCUT2D eigenvalue weighted by Gasteiger charge is 2.29. The molecule has 2 aromatic rings. The summed E-state index contributed by atoms with van der Waals surface area (Å²) in [5.74, 6) is -0.568. The summed E-state index contributed by atoms with van der Waals surface area (Å²) in [6.07, 6.45) is -0.408. The molecule has 0 aromatic carbocycles. The van der Waals surface area contributed by atoms with Crippen molar-refractivity contribution in [3.8, 4) is 0 Å². The van der Waals surface area contributed by atoms with Gasteiger partial charge in [-0.1, -0.05) is 11.6 Å². The van der Waals surface area contributed by atoms with Gasteiger partial charge in [-0.05, 0) is 18.0 Å². The minimum absolute atomic E-state index is 0.0900. The first-order chi connectivity index (χ1) is 11.3. The van der Waals surface area contributed by atoms with Crippen molar-refractivity contribution < 1.29 is 19.4 Å². The molecule has 0 radical (unpaired) electrons. The molecule has 1 saturated heterocycles. The molecule has 3 N–H and O–H groups in total. The topological polar surface area (TPSA) is 111 Å². The van der Waals surface area contributed by atoms with Crippen LogP contribution in [0.25, 0.3) is 10.9 Å². The average Bonchev–Trinajstić information content (AvgIpc) is 2.49. The van der Waals surface area contributed by atoms with Crippen LogP contribution in [0.15, 0.2) is 6.20 Å². The Balaban J connectivity index is 2.04. The van der Waals surface area contributed by atoms with Gasteiger partial charge in [0.2, 0.25) is 5.28 Å². The molecule has 8 nitrogen and oxygen atoms in total. The Hall–Kier alpha value is -1.97. The molecule has 3 heterocycles. The number of hydrogen-bond donors (Lipinski definition) is 3. The van der Waals surface area contributed by atoms with Crippen LogP contribution in [0.1, 0.15) is 6.42 Å². The number of rotatable bonds is 2. The van der Waals surface area contributed by atoms with Crippen molar-refractivity contribution in [2.75, 3.05) is 18.0 Å². The fourth-order valence-electron chi connectivity index (χ4n) is 2.76. The van der Waals surface area contributed by atoms with Crippen LogP contribution in [0.5, 0.6) is 0 Å². The summed E-state index contributed by atoms with van der Waals surface area (Å²) in [5.41, 5.74) is -0.0900. The van der Waals surface area contributed by atoms with Crippen molar-refractivity contribution in [3.63, 3.8) is 0 Å². The lowest BCUT2D eigenvalue weighted by atomic mass is 10.0. The molecule has 1 amide bonds. The number of aliphatic hydroxyl groups excluding tert-OH is 1. The number of β-amino-alcohol motifs (C(OH)–C–C–N with tert-alkyl or cyclic N) is 1. The summed E-state index contributed by atoms with van der Waals surface area (Å²) in [7, 11) is 0. The van der Waals surface area contributed by atoms with E-state index < -0.39 is 24.1 Å². The molecule has 2 aromatic heterocycles. The van der Waals surface area contributed by atoms with Crippen LogP contribution in [-0.4, -0.2) is 56.5 Å². The highest BCUT2D eigenvalue weighted by Crippen LogP contribution is 2.30. The average molecular weight is 376 g/mol. The zero-order valence-corrected chi connectivity index (χ0v) is 13.6. The van der Waals surface area contributed by atoms with E-state index in [1.54, 1.807) is 4.90 Å². The number of carboxylic acid groups (broad SMARTS) is 1. The van der Waals surface area contributed by atoms with Gasteiger partial charge in [0.1, 0.15) is 11.3 Å². The first-order valence-electron chi connectivity index (χ1n) is 6.95. The summed E-state index contributed by atoms with van der Waals surface area (Å²) < 4.78 is 14.1. The van der Waals surface area contributed by atoms with Crippen LogP contribution in [0.4, 0.5) is 15.0 Å². The summed E-state index contributed by atoms with van der Waals surface area (Å²) in [6, 6.07) is -0.514. The van der Waals surface area contributed by atoms with Gasteiger partial charge in [0.25, 0.3) is 0 Å². The molecule has 0 spiro atoms. The molecule has 0 aliphatic carbocycles. The Morgan fingerprint density at radius 3 is 2.83 bits per heavy atom. The first kappa shape index (κ1) is 16.9. The van der Waals surface area contributed by atoms with Crippen molar-refractivity contribution in [2.45, 2.75) is 18.6 Å². The van der Waals surface area contributed by atoms with E-state index in [2.05, 4.69) is 20.3 Å². The quantitative estimate of drug-likeness (QED) is 0.540. The monoisotopic (exact) mass is 375 g/mol. The highest BCUT2D eigenvalue weighted by molar-refractivity contribution is 6.30. The lowest BCUT2D eigenvalue weighted by Gasteiger charge is -2.36. The largest absolute Gasteiger partial charge is 0.465 e. The number of amides is 1. The number of halogens is 3. The third-order valence-electron chi connectivity index (χ3n) is 3.65. The number of aromatic nitrogens is 3. The van der Waals surface area contributed by atoms with Crippen molar-refractivity contribution in [2.24, 2.45) is 0 Å². The van der Waals surface area contributed by atoms with E-state index in [9.17, 15) is 14.3 Å². The zero-order chi connectivity index (χ0) is 17.4. The number of aliphatic hydroxyl groups is 1. The molecule has 24 heavy (non-hydrogen) atoms. The maximum absolute atomic E-state index is 14.1. The van der Waals surface area contributed by atoms with Crippen LogP contribution in [0, 0.1) is 5.82 Å². The molecular formula is C13H12Cl2FN5O3.